The SMILES string of the molecule is CC(NS(=O)(=O)c1ccccc1C#N)c1ncc(-c2ccc(F)cc2)o1. The van der Waals surface area contributed by atoms with Gasteiger partial charge in [-0.2, -0.15) is 9.98 Å². The molecular weight excluding hydrogens is 357 g/mol. The fourth-order valence-corrected chi connectivity index (χ4v) is 3.73. The number of nitrogens with one attached hydrogen (secondary N) is 1. The summed E-state index contributed by atoms with van der Waals surface area (Å²) < 4.78 is 46.1. The van der Waals surface area contributed by atoms with Gasteiger partial charge < -0.3 is 4.42 Å². The highest BCUT2D eigenvalue weighted by Crippen LogP contribution is 2.24. The van der Waals surface area contributed by atoms with Crippen LogP contribution in [0, 0.1) is 17.1 Å². The third kappa shape index (κ3) is 3.64. The lowest BCUT2D eigenvalue weighted by Gasteiger charge is -2.12. The quantitative estimate of drug-likeness (QED) is 0.742. The highest BCUT2D eigenvalue weighted by molar-refractivity contribution is 7.89. The number of hydrogen-bond donors (Lipinski definition) is 1. The van der Waals surface area contributed by atoms with Gasteiger partial charge >= 0.3 is 0 Å². The Kier molecular flexibility index (Phi) is 4.84. The Labute approximate surface area is 150 Å². The number of aromatic nitrogens is 1. The van der Waals surface area contributed by atoms with Crippen molar-refractivity contribution in [2.24, 2.45) is 0 Å². The van der Waals surface area contributed by atoms with Gasteiger partial charge in [-0.1, -0.05) is 12.1 Å². The van der Waals surface area contributed by atoms with Gasteiger partial charge in [0.05, 0.1) is 22.7 Å². The lowest BCUT2D eigenvalue weighted by atomic mass is 10.2. The first-order valence-corrected chi connectivity index (χ1v) is 9.12. The minimum absolute atomic E-state index is 0.0478. The summed E-state index contributed by atoms with van der Waals surface area (Å²) in [5.74, 6) is 0.177. The first-order chi connectivity index (χ1) is 12.4. The van der Waals surface area contributed by atoms with E-state index < -0.39 is 16.1 Å². The highest BCUT2D eigenvalue weighted by Gasteiger charge is 2.24. The van der Waals surface area contributed by atoms with Gasteiger partial charge in [-0.15, -0.1) is 0 Å². The molecule has 0 spiro atoms. The molecule has 0 aliphatic heterocycles. The Morgan fingerprint density at radius 2 is 1.88 bits per heavy atom. The van der Waals surface area contributed by atoms with Crippen molar-refractivity contribution in [2.75, 3.05) is 0 Å². The van der Waals surface area contributed by atoms with Crippen molar-refractivity contribution in [3.05, 3.63) is 72.0 Å². The van der Waals surface area contributed by atoms with Crippen molar-refractivity contribution in [3.63, 3.8) is 0 Å². The van der Waals surface area contributed by atoms with Crippen LogP contribution in [-0.2, 0) is 10.0 Å². The van der Waals surface area contributed by atoms with Crippen molar-refractivity contribution in [1.82, 2.24) is 9.71 Å². The van der Waals surface area contributed by atoms with Crippen molar-refractivity contribution in [1.29, 1.82) is 5.26 Å². The molecule has 0 aliphatic carbocycles. The molecule has 132 valence electrons. The Bertz CT molecular complexity index is 1070. The smallest absolute Gasteiger partial charge is 0.242 e. The van der Waals surface area contributed by atoms with Gasteiger partial charge in [-0.3, -0.25) is 0 Å². The average molecular weight is 371 g/mol. The van der Waals surface area contributed by atoms with Gasteiger partial charge in [0.25, 0.3) is 0 Å². The molecule has 1 atom stereocenters. The zero-order chi connectivity index (χ0) is 18.7. The molecule has 0 saturated heterocycles. The number of benzene rings is 2. The lowest BCUT2D eigenvalue weighted by Crippen LogP contribution is -2.27. The first kappa shape index (κ1) is 17.8. The van der Waals surface area contributed by atoms with Crippen molar-refractivity contribution in [2.45, 2.75) is 17.9 Å². The molecule has 8 heteroatoms. The van der Waals surface area contributed by atoms with Crippen molar-refractivity contribution in [3.8, 4) is 17.4 Å². The maximum absolute atomic E-state index is 13.0. The molecule has 0 radical (unpaired) electrons. The summed E-state index contributed by atoms with van der Waals surface area (Å²) in [6.07, 6.45) is 1.44. The van der Waals surface area contributed by atoms with Crippen molar-refractivity contribution < 1.29 is 17.2 Å². The lowest BCUT2D eigenvalue weighted by molar-refractivity contribution is 0.452. The van der Waals surface area contributed by atoms with Crippen LogP contribution in [0.1, 0.15) is 24.4 Å². The van der Waals surface area contributed by atoms with Crippen LogP contribution in [-0.4, -0.2) is 13.4 Å². The number of rotatable bonds is 5. The molecule has 3 rings (SSSR count). The molecule has 26 heavy (non-hydrogen) atoms. The van der Waals surface area contributed by atoms with E-state index in [4.69, 9.17) is 9.68 Å². The molecule has 0 saturated carbocycles. The maximum atomic E-state index is 13.0. The summed E-state index contributed by atoms with van der Waals surface area (Å²) in [4.78, 5) is 3.97. The first-order valence-electron chi connectivity index (χ1n) is 7.64. The summed E-state index contributed by atoms with van der Waals surface area (Å²) in [7, 11) is -3.93. The van der Waals surface area contributed by atoms with E-state index in [1.165, 1.54) is 48.7 Å². The van der Waals surface area contributed by atoms with Crippen LogP contribution in [0.4, 0.5) is 4.39 Å². The molecule has 0 aliphatic rings. The number of halogens is 1. The predicted molar refractivity (Wildman–Crippen MR) is 91.8 cm³/mol. The summed E-state index contributed by atoms with van der Waals surface area (Å²) in [6, 6.07) is 12.7. The largest absolute Gasteiger partial charge is 0.439 e. The minimum atomic E-state index is -3.93. The van der Waals surface area contributed by atoms with E-state index in [2.05, 4.69) is 9.71 Å². The molecule has 0 fully saturated rings. The van der Waals surface area contributed by atoms with Crippen LogP contribution in [0.25, 0.3) is 11.3 Å². The highest BCUT2D eigenvalue weighted by atomic mass is 32.2. The van der Waals surface area contributed by atoms with E-state index in [-0.39, 0.29) is 22.2 Å². The number of oxazole rings is 1. The third-order valence-electron chi connectivity index (χ3n) is 3.65. The van der Waals surface area contributed by atoms with E-state index in [1.54, 1.807) is 13.0 Å². The van der Waals surface area contributed by atoms with E-state index >= 15 is 0 Å². The minimum Gasteiger partial charge on any atom is -0.439 e. The summed E-state index contributed by atoms with van der Waals surface area (Å²) in [6.45, 7) is 1.58. The topological polar surface area (TPSA) is 96.0 Å². The van der Waals surface area contributed by atoms with Crippen LogP contribution in [0.3, 0.4) is 0 Å². The van der Waals surface area contributed by atoms with E-state index in [0.29, 0.717) is 11.3 Å². The number of sulfonamides is 1. The Hall–Kier alpha value is -3.02. The standard InChI is InChI=1S/C18H14FN3O3S/c1-12(22-26(23,24)17-5-3-2-4-14(17)10-20)18-21-11-16(25-18)13-6-8-15(19)9-7-13/h2-9,11-12,22H,1H3. The van der Waals surface area contributed by atoms with Crippen LogP contribution in [0.2, 0.25) is 0 Å². The Morgan fingerprint density at radius 1 is 1.19 bits per heavy atom. The molecule has 1 N–H and O–H groups in total. The molecule has 0 bridgehead atoms. The van der Waals surface area contributed by atoms with Crippen LogP contribution < -0.4 is 4.72 Å². The molecule has 2 aromatic carbocycles. The van der Waals surface area contributed by atoms with Crippen LogP contribution in [0.15, 0.2) is 64.0 Å². The fourth-order valence-electron chi connectivity index (χ4n) is 2.38. The molecular formula is C18H14FN3O3S. The van der Waals surface area contributed by atoms with E-state index in [1.807, 2.05) is 6.07 Å². The van der Waals surface area contributed by atoms with Gasteiger partial charge in [0, 0.05) is 5.56 Å². The van der Waals surface area contributed by atoms with Crippen LogP contribution in [0.5, 0.6) is 0 Å². The number of nitrogens with zero attached hydrogens (tertiary/aromatic N) is 2. The zero-order valence-electron chi connectivity index (χ0n) is 13.7. The summed E-state index contributed by atoms with van der Waals surface area (Å²) >= 11 is 0. The van der Waals surface area contributed by atoms with Gasteiger partial charge in [-0.05, 0) is 43.3 Å². The second-order valence-corrected chi connectivity index (χ2v) is 7.20. The average Bonchev–Trinajstić information content (AvgIpc) is 3.12. The predicted octanol–water partition coefficient (Wildman–Crippen LogP) is 3.39. The molecule has 1 unspecified atom stereocenters. The fraction of sp³-hybridized carbons (Fsp3) is 0.111. The molecule has 1 aromatic heterocycles. The normalized spacial score (nSPS) is 12.5. The second-order valence-electron chi connectivity index (χ2n) is 5.52. The molecule has 3 aromatic rings. The van der Waals surface area contributed by atoms with Crippen molar-refractivity contribution >= 4 is 10.0 Å². The Morgan fingerprint density at radius 3 is 2.58 bits per heavy atom. The van der Waals surface area contributed by atoms with E-state index in [0.717, 1.165) is 0 Å². The monoisotopic (exact) mass is 371 g/mol. The van der Waals surface area contributed by atoms with Crippen LogP contribution >= 0.6 is 0 Å². The summed E-state index contributed by atoms with van der Waals surface area (Å²) in [5, 5.41) is 9.08. The zero-order valence-corrected chi connectivity index (χ0v) is 14.5. The van der Waals surface area contributed by atoms with Gasteiger partial charge in [-0.25, -0.2) is 17.8 Å². The second kappa shape index (κ2) is 7.07. The summed E-state index contributed by atoms with van der Waals surface area (Å²) in [5.41, 5.74) is 0.668. The molecule has 6 nitrogen and oxygen atoms in total. The number of hydrogen-bond acceptors (Lipinski definition) is 5. The Balaban J connectivity index is 1.83. The maximum Gasteiger partial charge on any atom is 0.242 e. The van der Waals surface area contributed by atoms with Gasteiger partial charge in [0.2, 0.25) is 15.9 Å². The third-order valence-corrected chi connectivity index (χ3v) is 5.25. The van der Waals surface area contributed by atoms with E-state index in [9.17, 15) is 12.8 Å². The van der Waals surface area contributed by atoms with Gasteiger partial charge in [0.1, 0.15) is 11.9 Å². The van der Waals surface area contributed by atoms with Gasteiger partial charge in [0.15, 0.2) is 5.76 Å². The molecule has 1 heterocycles. The number of nitriles is 1. The molecule has 0 amide bonds.